The van der Waals surface area contributed by atoms with E-state index in [0.717, 1.165) is 21.1 Å². The Labute approximate surface area is 188 Å². The number of halogens is 1. The van der Waals surface area contributed by atoms with E-state index >= 15 is 0 Å². The molecule has 0 aliphatic carbocycles. The molecule has 0 N–H and O–H groups in total. The Morgan fingerprint density at radius 3 is 2.68 bits per heavy atom. The lowest BCUT2D eigenvalue weighted by molar-refractivity contribution is 0.0302. The van der Waals surface area contributed by atoms with E-state index in [1.165, 1.54) is 0 Å². The molecule has 4 heterocycles. The molecule has 1 atom stereocenters. The van der Waals surface area contributed by atoms with Gasteiger partial charge >= 0.3 is 0 Å². The van der Waals surface area contributed by atoms with Gasteiger partial charge in [0.1, 0.15) is 0 Å². The first-order valence-corrected chi connectivity index (χ1v) is 11.3. The number of rotatable bonds is 2. The van der Waals surface area contributed by atoms with E-state index in [9.17, 15) is 9.59 Å². The van der Waals surface area contributed by atoms with Crippen LogP contribution >= 0.6 is 15.9 Å². The summed E-state index contributed by atoms with van der Waals surface area (Å²) in [6.07, 6.45) is 2.56. The van der Waals surface area contributed by atoms with Crippen LogP contribution in [-0.2, 0) is 11.2 Å². The maximum Gasteiger partial charge on any atom is 0.274 e. The second-order valence-corrected chi connectivity index (χ2v) is 8.90. The lowest BCUT2D eigenvalue weighted by atomic mass is 9.91. The van der Waals surface area contributed by atoms with E-state index in [2.05, 4.69) is 21.0 Å². The summed E-state index contributed by atoms with van der Waals surface area (Å²) >= 11 is 3.43. The number of morpholine rings is 1. The number of amides is 2. The molecule has 1 unspecified atom stereocenters. The molecule has 0 bridgehead atoms. The van der Waals surface area contributed by atoms with Crippen molar-refractivity contribution in [1.29, 1.82) is 0 Å². The Balaban J connectivity index is 1.37. The molecule has 1 aromatic carbocycles. The predicted octanol–water partition coefficient (Wildman–Crippen LogP) is 3.33. The van der Waals surface area contributed by atoms with Gasteiger partial charge in [0.2, 0.25) is 0 Å². The molecule has 0 radical (unpaired) electrons. The van der Waals surface area contributed by atoms with Gasteiger partial charge in [-0.15, -0.1) is 0 Å². The summed E-state index contributed by atoms with van der Waals surface area (Å²) in [7, 11) is 0. The molecule has 3 aromatic rings. The van der Waals surface area contributed by atoms with Gasteiger partial charge in [0.15, 0.2) is 5.69 Å². The molecular formula is C23H23BrN4O3. The average molecular weight is 483 g/mol. The normalized spacial score (nSPS) is 18.8. The first-order valence-electron chi connectivity index (χ1n) is 10.5. The molecule has 8 heteroatoms. The number of hydrogen-bond acceptors (Lipinski definition) is 4. The zero-order chi connectivity index (χ0) is 21.5. The van der Waals surface area contributed by atoms with Gasteiger partial charge in [0.25, 0.3) is 11.8 Å². The summed E-state index contributed by atoms with van der Waals surface area (Å²) in [5.74, 6) is -0.0282. The molecular weight excluding hydrogens is 460 g/mol. The fraction of sp³-hybridized carbons (Fsp3) is 0.348. The summed E-state index contributed by atoms with van der Waals surface area (Å²) in [6.45, 7) is 5.06. The Morgan fingerprint density at radius 1 is 1.06 bits per heavy atom. The van der Waals surface area contributed by atoms with Crippen LogP contribution in [-0.4, -0.2) is 64.1 Å². The molecule has 0 spiro atoms. The number of carbonyl (C=O) groups excluding carboxylic acids is 2. The monoisotopic (exact) mass is 482 g/mol. The van der Waals surface area contributed by atoms with Gasteiger partial charge in [-0.2, -0.15) is 5.10 Å². The molecule has 2 aliphatic heterocycles. The van der Waals surface area contributed by atoms with Crippen molar-refractivity contribution >= 4 is 33.3 Å². The maximum atomic E-state index is 13.2. The number of benzene rings is 1. The number of aromatic nitrogens is 2. The summed E-state index contributed by atoms with van der Waals surface area (Å²) < 4.78 is 7.96. The number of hydrogen-bond donors (Lipinski definition) is 0. The van der Waals surface area contributed by atoms with Crippen LogP contribution in [0.25, 0.3) is 5.52 Å². The highest BCUT2D eigenvalue weighted by molar-refractivity contribution is 9.10. The zero-order valence-electron chi connectivity index (χ0n) is 17.3. The lowest BCUT2D eigenvalue weighted by Crippen LogP contribution is -2.41. The van der Waals surface area contributed by atoms with Gasteiger partial charge in [0.05, 0.1) is 24.8 Å². The Bertz CT molecular complexity index is 1170. The van der Waals surface area contributed by atoms with E-state index in [-0.39, 0.29) is 17.9 Å². The van der Waals surface area contributed by atoms with Gasteiger partial charge < -0.3 is 14.5 Å². The van der Waals surface area contributed by atoms with Gasteiger partial charge in [-0.1, -0.05) is 6.07 Å². The molecule has 2 amide bonds. The number of nitrogens with zero attached hydrogens (tertiary/aromatic N) is 4. The highest BCUT2D eigenvalue weighted by Gasteiger charge is 2.30. The minimum Gasteiger partial charge on any atom is -0.378 e. The third-order valence-electron chi connectivity index (χ3n) is 6.13. The maximum absolute atomic E-state index is 13.2. The second-order valence-electron chi connectivity index (χ2n) is 7.99. The SMILES string of the molecule is CC1c2ccc(C(=O)N3CCOCC3)cc2CCN1C(=O)c1cc2ccc(Br)cn2n1. The number of carbonyl (C=O) groups is 2. The standard InChI is InChI=1S/C23H23BrN4O3/c1-15-20-5-2-17(22(29)26-8-10-31-11-9-26)12-16(20)6-7-27(15)23(30)21-13-19-4-3-18(24)14-28(19)25-21/h2-5,12-15H,6-11H2,1H3. The zero-order valence-corrected chi connectivity index (χ0v) is 18.8. The van der Waals surface area contributed by atoms with Crippen LogP contribution in [0.1, 0.15) is 44.9 Å². The molecule has 0 saturated carbocycles. The van der Waals surface area contributed by atoms with Crippen LogP contribution in [0.2, 0.25) is 0 Å². The molecule has 7 nitrogen and oxygen atoms in total. The van der Waals surface area contributed by atoms with Crippen molar-refractivity contribution in [3.63, 3.8) is 0 Å². The predicted molar refractivity (Wildman–Crippen MR) is 119 cm³/mol. The minimum atomic E-state index is -0.0830. The minimum absolute atomic E-state index is 0.0492. The molecule has 1 saturated heterocycles. The van der Waals surface area contributed by atoms with Crippen molar-refractivity contribution in [2.45, 2.75) is 19.4 Å². The summed E-state index contributed by atoms with van der Waals surface area (Å²) in [5, 5.41) is 4.46. The van der Waals surface area contributed by atoms with Gasteiger partial charge in [0, 0.05) is 35.9 Å². The Morgan fingerprint density at radius 2 is 1.87 bits per heavy atom. The van der Waals surface area contributed by atoms with Crippen LogP contribution in [0.15, 0.2) is 47.1 Å². The van der Waals surface area contributed by atoms with E-state index in [0.29, 0.717) is 50.5 Å². The van der Waals surface area contributed by atoms with Crippen LogP contribution in [0.5, 0.6) is 0 Å². The van der Waals surface area contributed by atoms with Crippen molar-refractivity contribution < 1.29 is 14.3 Å². The van der Waals surface area contributed by atoms with Crippen molar-refractivity contribution in [2.24, 2.45) is 0 Å². The van der Waals surface area contributed by atoms with Gasteiger partial charge in [-0.3, -0.25) is 9.59 Å². The highest BCUT2D eigenvalue weighted by Crippen LogP contribution is 2.31. The van der Waals surface area contributed by atoms with Gasteiger partial charge in [-0.25, -0.2) is 4.52 Å². The topological polar surface area (TPSA) is 67.2 Å². The summed E-state index contributed by atoms with van der Waals surface area (Å²) in [5.41, 5.74) is 4.24. The van der Waals surface area contributed by atoms with Crippen molar-refractivity contribution in [3.8, 4) is 0 Å². The van der Waals surface area contributed by atoms with Crippen LogP contribution in [0.3, 0.4) is 0 Å². The fourth-order valence-corrected chi connectivity index (χ4v) is 4.73. The molecule has 31 heavy (non-hydrogen) atoms. The smallest absolute Gasteiger partial charge is 0.274 e. The van der Waals surface area contributed by atoms with Crippen molar-refractivity contribution in [1.82, 2.24) is 19.4 Å². The lowest BCUT2D eigenvalue weighted by Gasteiger charge is -2.35. The van der Waals surface area contributed by atoms with Crippen LogP contribution < -0.4 is 0 Å². The van der Waals surface area contributed by atoms with Crippen molar-refractivity contribution in [2.75, 3.05) is 32.8 Å². The molecule has 5 rings (SSSR count). The molecule has 160 valence electrons. The first-order chi connectivity index (χ1) is 15.0. The Kier molecular flexibility index (Phi) is 5.27. The summed E-state index contributed by atoms with van der Waals surface area (Å²) in [4.78, 5) is 29.8. The summed E-state index contributed by atoms with van der Waals surface area (Å²) in [6, 6.07) is 11.5. The average Bonchev–Trinajstić information content (AvgIpc) is 3.22. The largest absolute Gasteiger partial charge is 0.378 e. The van der Waals surface area contributed by atoms with E-state index in [1.807, 2.05) is 59.3 Å². The number of ether oxygens (including phenoxy) is 1. The van der Waals surface area contributed by atoms with Crippen LogP contribution in [0, 0.1) is 0 Å². The van der Waals surface area contributed by atoms with Crippen LogP contribution in [0.4, 0.5) is 0 Å². The first kappa shape index (κ1) is 20.2. The van der Waals surface area contributed by atoms with E-state index < -0.39 is 0 Å². The number of pyridine rings is 1. The molecule has 1 fully saturated rings. The third-order valence-corrected chi connectivity index (χ3v) is 6.60. The molecule has 2 aromatic heterocycles. The van der Waals surface area contributed by atoms with Gasteiger partial charge in [-0.05, 0) is 70.7 Å². The van der Waals surface area contributed by atoms with E-state index in [1.54, 1.807) is 4.52 Å². The fourth-order valence-electron chi connectivity index (χ4n) is 4.40. The molecule has 2 aliphatic rings. The van der Waals surface area contributed by atoms with E-state index in [4.69, 9.17) is 4.74 Å². The highest BCUT2D eigenvalue weighted by atomic mass is 79.9. The second kappa shape index (κ2) is 8.09. The number of fused-ring (bicyclic) bond motifs is 2. The van der Waals surface area contributed by atoms with Crippen molar-refractivity contribution in [3.05, 3.63) is 69.5 Å². The quantitative estimate of drug-likeness (QED) is 0.561. The Hall–Kier alpha value is -2.71. The third kappa shape index (κ3) is 3.74.